The lowest BCUT2D eigenvalue weighted by atomic mass is 10.1. The van der Waals surface area contributed by atoms with Crippen LogP contribution in [0.25, 0.3) is 0 Å². The average Bonchev–Trinajstić information content (AvgIpc) is 2.35. The Balaban J connectivity index is 2.22. The lowest BCUT2D eigenvalue weighted by Crippen LogP contribution is -2.08. The van der Waals surface area contributed by atoms with Crippen LogP contribution in [0.4, 0.5) is 5.69 Å². The van der Waals surface area contributed by atoms with Crippen molar-refractivity contribution in [1.29, 1.82) is 0 Å². The Kier molecular flexibility index (Phi) is 3.59. The lowest BCUT2D eigenvalue weighted by molar-refractivity contribution is 0.872. The molecule has 0 saturated heterocycles. The minimum atomic E-state index is 0.143. The highest BCUT2D eigenvalue weighted by atomic mass is 35.5. The Labute approximate surface area is 106 Å². The highest BCUT2D eigenvalue weighted by Crippen LogP contribution is 2.27. The molecule has 2 aromatic heterocycles. The van der Waals surface area contributed by atoms with E-state index in [9.17, 15) is 0 Å². The normalized spacial score (nSPS) is 12.2. The molecule has 1 unspecified atom stereocenters. The van der Waals surface area contributed by atoms with Crippen LogP contribution in [-0.2, 0) is 0 Å². The van der Waals surface area contributed by atoms with Crippen molar-refractivity contribution in [2.75, 3.05) is 5.32 Å². The first-order valence-electron chi connectivity index (χ1n) is 5.46. The van der Waals surface area contributed by atoms with Gasteiger partial charge in [0.05, 0.1) is 11.7 Å². The van der Waals surface area contributed by atoms with Crippen LogP contribution in [0.15, 0.2) is 36.8 Å². The second-order valence-electron chi connectivity index (χ2n) is 3.95. The summed E-state index contributed by atoms with van der Waals surface area (Å²) >= 11 is 6.07. The van der Waals surface area contributed by atoms with E-state index in [2.05, 4.69) is 22.2 Å². The molecule has 0 aliphatic heterocycles. The number of hydrogen-bond donors (Lipinski definition) is 1. The molecule has 0 aromatic carbocycles. The summed E-state index contributed by atoms with van der Waals surface area (Å²) < 4.78 is 0. The van der Waals surface area contributed by atoms with E-state index in [1.807, 2.05) is 31.3 Å². The largest absolute Gasteiger partial charge is 0.376 e. The van der Waals surface area contributed by atoms with E-state index in [1.54, 1.807) is 12.4 Å². The zero-order valence-electron chi connectivity index (χ0n) is 9.81. The Hall–Kier alpha value is -1.61. The third-order valence-electron chi connectivity index (χ3n) is 2.66. The minimum absolute atomic E-state index is 0.143. The maximum Gasteiger partial charge on any atom is 0.152 e. The number of pyridine rings is 2. The summed E-state index contributed by atoms with van der Waals surface area (Å²) in [5.74, 6) is 0. The van der Waals surface area contributed by atoms with Gasteiger partial charge in [0, 0.05) is 18.6 Å². The molecule has 4 heteroatoms. The van der Waals surface area contributed by atoms with Crippen molar-refractivity contribution < 1.29 is 0 Å². The van der Waals surface area contributed by atoms with E-state index >= 15 is 0 Å². The smallest absolute Gasteiger partial charge is 0.152 e. The summed E-state index contributed by atoms with van der Waals surface area (Å²) in [5, 5.41) is 3.86. The highest BCUT2D eigenvalue weighted by Gasteiger charge is 2.10. The molecule has 0 spiro atoms. The molecular formula is C13H14ClN3. The van der Waals surface area contributed by atoms with E-state index < -0.39 is 0 Å². The molecule has 0 bridgehead atoms. The second kappa shape index (κ2) is 5.15. The molecule has 1 N–H and O–H groups in total. The van der Waals surface area contributed by atoms with Crippen molar-refractivity contribution in [3.63, 3.8) is 0 Å². The van der Waals surface area contributed by atoms with Gasteiger partial charge in [-0.1, -0.05) is 17.7 Å². The Morgan fingerprint density at radius 3 is 2.76 bits per heavy atom. The quantitative estimate of drug-likeness (QED) is 0.842. The molecule has 2 rings (SSSR count). The Bertz CT molecular complexity index is 479. The summed E-state index contributed by atoms with van der Waals surface area (Å²) in [5.41, 5.74) is 3.08. The predicted molar refractivity (Wildman–Crippen MR) is 70.3 cm³/mol. The van der Waals surface area contributed by atoms with Gasteiger partial charge in [-0.2, -0.15) is 0 Å². The summed E-state index contributed by atoms with van der Waals surface area (Å²) in [7, 11) is 0. The van der Waals surface area contributed by atoms with Crippen LogP contribution in [0.1, 0.15) is 24.1 Å². The second-order valence-corrected chi connectivity index (χ2v) is 4.30. The van der Waals surface area contributed by atoms with Gasteiger partial charge in [0.15, 0.2) is 5.15 Å². The van der Waals surface area contributed by atoms with Gasteiger partial charge in [0.2, 0.25) is 0 Å². The minimum Gasteiger partial charge on any atom is -0.376 e. The van der Waals surface area contributed by atoms with Crippen LogP contribution >= 0.6 is 11.6 Å². The van der Waals surface area contributed by atoms with Crippen LogP contribution in [0.3, 0.4) is 0 Å². The van der Waals surface area contributed by atoms with Crippen LogP contribution in [0.2, 0.25) is 5.15 Å². The molecule has 17 heavy (non-hydrogen) atoms. The summed E-state index contributed by atoms with van der Waals surface area (Å²) in [6, 6.07) is 6.03. The monoisotopic (exact) mass is 247 g/mol. The van der Waals surface area contributed by atoms with E-state index in [0.29, 0.717) is 5.15 Å². The molecule has 0 aliphatic carbocycles. The first-order chi connectivity index (χ1) is 8.18. The fraction of sp³-hybridized carbons (Fsp3) is 0.231. The van der Waals surface area contributed by atoms with Crippen molar-refractivity contribution >= 4 is 17.3 Å². The molecule has 0 saturated carbocycles. The van der Waals surface area contributed by atoms with Crippen molar-refractivity contribution in [1.82, 2.24) is 9.97 Å². The zero-order chi connectivity index (χ0) is 12.3. The molecule has 0 aliphatic rings. The lowest BCUT2D eigenvalue weighted by Gasteiger charge is -2.17. The van der Waals surface area contributed by atoms with Gasteiger partial charge in [-0.3, -0.25) is 4.98 Å². The molecular weight excluding hydrogens is 234 g/mol. The summed E-state index contributed by atoms with van der Waals surface area (Å²) in [6.07, 6.45) is 5.31. The molecule has 0 radical (unpaired) electrons. The maximum absolute atomic E-state index is 6.07. The number of aryl methyl sites for hydroxylation is 1. The van der Waals surface area contributed by atoms with Crippen LogP contribution < -0.4 is 5.32 Å². The fourth-order valence-corrected chi connectivity index (χ4v) is 1.89. The number of halogens is 1. The van der Waals surface area contributed by atoms with E-state index in [1.165, 1.54) is 0 Å². The third-order valence-corrected chi connectivity index (χ3v) is 2.94. The van der Waals surface area contributed by atoms with Crippen molar-refractivity contribution in [3.05, 3.63) is 53.1 Å². The number of nitrogens with one attached hydrogen (secondary N) is 1. The predicted octanol–water partition coefficient (Wildman–Crippen LogP) is 3.61. The third kappa shape index (κ3) is 2.74. The standard InChI is InChI=1S/C13H14ClN3/c1-9-5-7-16-13(14)12(9)17-10(2)11-4-3-6-15-8-11/h3-8,10,17H,1-2H3. The molecule has 88 valence electrons. The number of nitrogens with zero attached hydrogens (tertiary/aromatic N) is 2. The fourth-order valence-electron chi connectivity index (χ4n) is 1.63. The van der Waals surface area contributed by atoms with Gasteiger partial charge in [0.1, 0.15) is 0 Å². The molecule has 0 amide bonds. The van der Waals surface area contributed by atoms with Crippen molar-refractivity contribution in [2.24, 2.45) is 0 Å². The van der Waals surface area contributed by atoms with Gasteiger partial charge < -0.3 is 5.32 Å². The van der Waals surface area contributed by atoms with Gasteiger partial charge in [-0.25, -0.2) is 4.98 Å². The Morgan fingerprint density at radius 1 is 1.29 bits per heavy atom. The molecule has 2 heterocycles. The highest BCUT2D eigenvalue weighted by molar-refractivity contribution is 6.32. The van der Waals surface area contributed by atoms with Crippen LogP contribution in [0.5, 0.6) is 0 Å². The molecule has 1 atom stereocenters. The molecule has 0 fully saturated rings. The van der Waals surface area contributed by atoms with Crippen molar-refractivity contribution in [3.8, 4) is 0 Å². The van der Waals surface area contributed by atoms with Gasteiger partial charge in [0.25, 0.3) is 0 Å². The van der Waals surface area contributed by atoms with Gasteiger partial charge in [-0.05, 0) is 37.1 Å². The van der Waals surface area contributed by atoms with E-state index in [4.69, 9.17) is 11.6 Å². The molecule has 3 nitrogen and oxygen atoms in total. The maximum atomic E-state index is 6.07. The molecule has 2 aromatic rings. The van der Waals surface area contributed by atoms with Crippen molar-refractivity contribution in [2.45, 2.75) is 19.9 Å². The first kappa shape index (κ1) is 11.9. The summed E-state index contributed by atoms with van der Waals surface area (Å²) in [4.78, 5) is 8.18. The number of aromatic nitrogens is 2. The van der Waals surface area contributed by atoms with Gasteiger partial charge >= 0.3 is 0 Å². The van der Waals surface area contributed by atoms with E-state index in [-0.39, 0.29) is 6.04 Å². The topological polar surface area (TPSA) is 37.8 Å². The van der Waals surface area contributed by atoms with E-state index in [0.717, 1.165) is 16.8 Å². The number of anilines is 1. The SMILES string of the molecule is Cc1ccnc(Cl)c1NC(C)c1cccnc1. The summed E-state index contributed by atoms with van der Waals surface area (Å²) in [6.45, 7) is 4.08. The number of hydrogen-bond acceptors (Lipinski definition) is 3. The number of rotatable bonds is 3. The zero-order valence-corrected chi connectivity index (χ0v) is 10.6. The van der Waals surface area contributed by atoms with Crippen LogP contribution in [0, 0.1) is 6.92 Å². The average molecular weight is 248 g/mol. The first-order valence-corrected chi connectivity index (χ1v) is 5.84. The van der Waals surface area contributed by atoms with Crippen LogP contribution in [-0.4, -0.2) is 9.97 Å². The Morgan fingerprint density at radius 2 is 2.12 bits per heavy atom. The van der Waals surface area contributed by atoms with Gasteiger partial charge in [-0.15, -0.1) is 0 Å².